The molecule has 2 nitrogen and oxygen atoms in total. The summed E-state index contributed by atoms with van der Waals surface area (Å²) in [7, 11) is 1.30. The average Bonchev–Trinajstić information content (AvgIpc) is 2.67. The first-order valence-electron chi connectivity index (χ1n) is 5.23. The molecule has 0 aromatic heterocycles. The van der Waals surface area contributed by atoms with Gasteiger partial charge in [-0.1, -0.05) is 12.8 Å². The summed E-state index contributed by atoms with van der Waals surface area (Å²) < 4.78 is 12.0. The molecule has 1 aliphatic carbocycles. The second-order valence-corrected chi connectivity index (χ2v) is 6.08. The van der Waals surface area contributed by atoms with Crippen molar-refractivity contribution in [3.05, 3.63) is 0 Å². The third-order valence-electron chi connectivity index (χ3n) is 3.16. The fraction of sp³-hybridized carbons (Fsp3) is 1.00. The van der Waals surface area contributed by atoms with Gasteiger partial charge in [-0.3, -0.25) is 4.21 Å². The molecule has 1 N–H and O–H groups in total. The maximum atomic E-state index is 12.0. The lowest BCUT2D eigenvalue weighted by atomic mass is 10.3. The Morgan fingerprint density at radius 1 is 1.31 bits per heavy atom. The van der Waals surface area contributed by atoms with Crippen molar-refractivity contribution >= 4 is 10.8 Å². The Labute approximate surface area is 83.9 Å². The first kappa shape index (κ1) is 11.2. The first-order valence-corrected chi connectivity index (χ1v) is 6.51. The molecule has 1 aliphatic rings. The molecular formula is C10H21NOS. The van der Waals surface area contributed by atoms with E-state index in [-0.39, 0.29) is 5.25 Å². The van der Waals surface area contributed by atoms with Crippen molar-refractivity contribution in [2.45, 2.75) is 56.1 Å². The molecule has 1 rings (SSSR count). The van der Waals surface area contributed by atoms with Gasteiger partial charge in [0.05, 0.1) is 0 Å². The minimum Gasteiger partial charge on any atom is -0.316 e. The summed E-state index contributed by atoms with van der Waals surface area (Å²) in [5, 5.41) is 3.94. The molecule has 0 spiro atoms. The molecule has 0 bridgehead atoms. The van der Waals surface area contributed by atoms with Gasteiger partial charge in [0.25, 0.3) is 0 Å². The van der Waals surface area contributed by atoms with Crippen LogP contribution in [0.2, 0.25) is 0 Å². The molecular weight excluding hydrogens is 182 g/mol. The highest BCUT2D eigenvalue weighted by Gasteiger charge is 2.27. The van der Waals surface area contributed by atoms with Crippen molar-refractivity contribution in [3.8, 4) is 0 Å². The third-order valence-corrected chi connectivity index (χ3v) is 5.43. The van der Waals surface area contributed by atoms with Gasteiger partial charge >= 0.3 is 0 Å². The summed E-state index contributed by atoms with van der Waals surface area (Å²) in [6.07, 6.45) is 4.90. The van der Waals surface area contributed by atoms with Crippen LogP contribution in [0.4, 0.5) is 0 Å². The molecule has 0 heterocycles. The van der Waals surface area contributed by atoms with Gasteiger partial charge in [0, 0.05) is 27.3 Å². The van der Waals surface area contributed by atoms with Crippen LogP contribution in [-0.2, 0) is 10.8 Å². The Kier molecular flexibility index (Phi) is 4.39. The molecule has 13 heavy (non-hydrogen) atoms. The maximum Gasteiger partial charge on any atom is 0.0473 e. The van der Waals surface area contributed by atoms with E-state index >= 15 is 0 Å². The lowest BCUT2D eigenvalue weighted by Gasteiger charge is -2.22. The molecule has 0 amide bonds. The van der Waals surface area contributed by atoms with Crippen LogP contribution < -0.4 is 5.32 Å². The van der Waals surface area contributed by atoms with Crippen LogP contribution in [0.5, 0.6) is 0 Å². The Bertz CT molecular complexity index is 178. The topological polar surface area (TPSA) is 29.1 Å². The lowest BCUT2D eigenvalue weighted by Crippen LogP contribution is -2.38. The summed E-state index contributed by atoms with van der Waals surface area (Å²) in [5.41, 5.74) is 0. The zero-order chi connectivity index (χ0) is 9.84. The quantitative estimate of drug-likeness (QED) is 0.753. The van der Waals surface area contributed by atoms with E-state index in [1.807, 2.05) is 7.05 Å². The van der Waals surface area contributed by atoms with E-state index < -0.39 is 10.8 Å². The third kappa shape index (κ3) is 2.78. The summed E-state index contributed by atoms with van der Waals surface area (Å²) in [4.78, 5) is 0. The summed E-state index contributed by atoms with van der Waals surface area (Å²) >= 11 is 0. The summed E-state index contributed by atoms with van der Waals surface area (Å²) in [6.45, 7) is 4.20. The van der Waals surface area contributed by atoms with Crippen LogP contribution in [0.3, 0.4) is 0 Å². The van der Waals surface area contributed by atoms with Gasteiger partial charge in [0.1, 0.15) is 0 Å². The van der Waals surface area contributed by atoms with Gasteiger partial charge < -0.3 is 5.32 Å². The van der Waals surface area contributed by atoms with Crippen LogP contribution in [0.1, 0.15) is 39.5 Å². The van der Waals surface area contributed by atoms with Crippen molar-refractivity contribution in [1.82, 2.24) is 5.32 Å². The minimum atomic E-state index is -0.633. The van der Waals surface area contributed by atoms with E-state index in [9.17, 15) is 4.21 Å². The van der Waals surface area contributed by atoms with Gasteiger partial charge in [0.15, 0.2) is 0 Å². The Morgan fingerprint density at radius 2 is 1.85 bits per heavy atom. The van der Waals surface area contributed by atoms with Crippen LogP contribution in [0, 0.1) is 0 Å². The summed E-state index contributed by atoms with van der Waals surface area (Å²) in [5.74, 6) is 0. The van der Waals surface area contributed by atoms with Crippen LogP contribution in [0.25, 0.3) is 0 Å². The Hall–Kier alpha value is 0.110. The van der Waals surface area contributed by atoms with Crippen LogP contribution in [0.15, 0.2) is 0 Å². The maximum absolute atomic E-state index is 12.0. The predicted molar refractivity (Wildman–Crippen MR) is 58.4 cm³/mol. The molecule has 3 unspecified atom stereocenters. The first-order chi connectivity index (χ1) is 6.16. The zero-order valence-electron chi connectivity index (χ0n) is 8.88. The predicted octanol–water partition coefficient (Wildman–Crippen LogP) is 1.67. The van der Waals surface area contributed by atoms with E-state index in [1.165, 1.54) is 25.7 Å². The van der Waals surface area contributed by atoms with E-state index in [4.69, 9.17) is 0 Å². The van der Waals surface area contributed by atoms with Gasteiger partial charge in [-0.05, 0) is 33.7 Å². The average molecular weight is 203 g/mol. The van der Waals surface area contributed by atoms with Gasteiger partial charge in [-0.15, -0.1) is 0 Å². The van der Waals surface area contributed by atoms with Crippen molar-refractivity contribution < 1.29 is 4.21 Å². The molecule has 78 valence electrons. The lowest BCUT2D eigenvalue weighted by molar-refractivity contribution is 0.577. The SMILES string of the molecule is CNC(C)C(C)S(=O)C1CCCC1. The monoisotopic (exact) mass is 203 g/mol. The second-order valence-electron chi connectivity index (χ2n) is 4.02. The highest BCUT2D eigenvalue weighted by Crippen LogP contribution is 2.25. The van der Waals surface area contributed by atoms with Crippen LogP contribution >= 0.6 is 0 Å². The molecule has 1 fully saturated rings. The van der Waals surface area contributed by atoms with Crippen LogP contribution in [-0.4, -0.2) is 27.8 Å². The normalized spacial score (nSPS) is 25.8. The zero-order valence-corrected chi connectivity index (χ0v) is 9.69. The van der Waals surface area contributed by atoms with Crippen molar-refractivity contribution in [1.29, 1.82) is 0 Å². The molecule has 0 aromatic rings. The van der Waals surface area contributed by atoms with E-state index in [0.717, 1.165) is 0 Å². The number of hydrogen-bond acceptors (Lipinski definition) is 2. The van der Waals surface area contributed by atoms with Crippen molar-refractivity contribution in [2.75, 3.05) is 7.05 Å². The number of rotatable bonds is 4. The number of hydrogen-bond donors (Lipinski definition) is 1. The van der Waals surface area contributed by atoms with Gasteiger partial charge in [-0.25, -0.2) is 0 Å². The smallest absolute Gasteiger partial charge is 0.0473 e. The van der Waals surface area contributed by atoms with E-state index in [2.05, 4.69) is 19.2 Å². The second kappa shape index (κ2) is 5.11. The molecule has 0 aromatic carbocycles. The molecule has 0 saturated heterocycles. The molecule has 3 heteroatoms. The van der Waals surface area contributed by atoms with Crippen molar-refractivity contribution in [2.24, 2.45) is 0 Å². The highest BCUT2D eigenvalue weighted by molar-refractivity contribution is 7.86. The van der Waals surface area contributed by atoms with Gasteiger partial charge in [0.2, 0.25) is 0 Å². The standard InChI is InChI=1S/C10H21NOS/c1-8(11-3)9(2)13(12)10-6-4-5-7-10/h8-11H,4-7H2,1-3H3. The highest BCUT2D eigenvalue weighted by atomic mass is 32.2. The molecule has 0 aliphatic heterocycles. The largest absolute Gasteiger partial charge is 0.316 e. The fourth-order valence-corrected chi connectivity index (χ4v) is 3.80. The van der Waals surface area contributed by atoms with Crippen molar-refractivity contribution in [3.63, 3.8) is 0 Å². The molecule has 3 atom stereocenters. The van der Waals surface area contributed by atoms with E-state index in [1.54, 1.807) is 0 Å². The fourth-order valence-electron chi connectivity index (χ4n) is 1.86. The Balaban J connectivity index is 2.45. The molecule has 1 saturated carbocycles. The minimum absolute atomic E-state index is 0.285. The summed E-state index contributed by atoms with van der Waals surface area (Å²) in [6, 6.07) is 0.362. The van der Waals surface area contributed by atoms with E-state index in [0.29, 0.717) is 11.3 Å². The number of nitrogens with one attached hydrogen (secondary N) is 1. The van der Waals surface area contributed by atoms with Gasteiger partial charge in [-0.2, -0.15) is 0 Å². The Morgan fingerprint density at radius 3 is 2.31 bits per heavy atom. The molecule has 0 radical (unpaired) electrons.